The molecule has 0 unspecified atom stereocenters. The van der Waals surface area contributed by atoms with E-state index in [1.54, 1.807) is 0 Å². The average Bonchev–Trinajstić information content (AvgIpc) is 2.34. The molecule has 0 aliphatic rings. The summed E-state index contributed by atoms with van der Waals surface area (Å²) in [5.74, 6) is -1.09. The van der Waals surface area contributed by atoms with Gasteiger partial charge in [0.15, 0.2) is 0 Å². The number of carbonyl (C=O) groups excluding carboxylic acids is 1. The van der Waals surface area contributed by atoms with Gasteiger partial charge in [0.25, 0.3) is 0 Å². The number of carboxylic acids is 2. The van der Waals surface area contributed by atoms with E-state index in [2.05, 4.69) is 13.8 Å². The van der Waals surface area contributed by atoms with Crippen molar-refractivity contribution < 1.29 is 24.6 Å². The van der Waals surface area contributed by atoms with E-state index in [4.69, 9.17) is 21.7 Å². The van der Waals surface area contributed by atoms with E-state index in [9.17, 15) is 14.4 Å². The molecule has 0 spiro atoms. The Morgan fingerprint density at radius 2 is 1.17 bits per heavy atom. The van der Waals surface area contributed by atoms with Crippen LogP contribution in [0, 0.1) is 23.7 Å². The first-order chi connectivity index (χ1) is 11.0. The van der Waals surface area contributed by atoms with Gasteiger partial charge in [0.1, 0.15) is 0 Å². The fraction of sp³-hybridized carbons (Fsp3) is 0.824. The van der Waals surface area contributed by atoms with Crippen molar-refractivity contribution in [1.29, 1.82) is 0 Å². The number of amides is 1. The molecule has 0 saturated carbocycles. The minimum absolute atomic E-state index is 0.0289. The molecule has 0 fully saturated rings. The topological polar surface area (TPSA) is 144 Å². The van der Waals surface area contributed by atoms with Gasteiger partial charge in [0.05, 0.1) is 0 Å². The minimum atomic E-state index is -0.869. The van der Waals surface area contributed by atoms with Gasteiger partial charge in [-0.3, -0.25) is 14.4 Å². The van der Waals surface area contributed by atoms with Gasteiger partial charge in [0.2, 0.25) is 5.91 Å². The molecular weight excluding hydrogens is 312 g/mol. The lowest BCUT2D eigenvalue weighted by atomic mass is 9.91. The molecule has 142 valence electrons. The van der Waals surface area contributed by atoms with E-state index in [1.807, 2.05) is 13.8 Å². The number of carbonyl (C=O) groups is 3. The van der Waals surface area contributed by atoms with E-state index in [-0.39, 0.29) is 31.1 Å². The van der Waals surface area contributed by atoms with E-state index in [0.717, 1.165) is 12.8 Å². The third-order valence-electron chi connectivity index (χ3n) is 3.36. The highest BCUT2D eigenvalue weighted by molar-refractivity contribution is 5.75. The molecule has 2 atom stereocenters. The van der Waals surface area contributed by atoms with Crippen molar-refractivity contribution in [3.63, 3.8) is 0 Å². The van der Waals surface area contributed by atoms with Crippen LogP contribution in [0.1, 0.15) is 59.8 Å². The molecule has 6 N–H and O–H groups in total. The summed E-state index contributed by atoms with van der Waals surface area (Å²) in [5.41, 5.74) is 10.4. The number of aliphatic carboxylic acids is 2. The van der Waals surface area contributed by atoms with E-state index >= 15 is 0 Å². The summed E-state index contributed by atoms with van der Waals surface area (Å²) in [6, 6.07) is 0. The maximum atomic E-state index is 10.6. The van der Waals surface area contributed by atoms with Crippen molar-refractivity contribution in [3.8, 4) is 0 Å². The fourth-order valence-electron chi connectivity index (χ4n) is 2.61. The maximum Gasteiger partial charge on any atom is 0.303 e. The van der Waals surface area contributed by atoms with Crippen LogP contribution in [0.5, 0.6) is 0 Å². The molecule has 0 rings (SSSR count). The van der Waals surface area contributed by atoms with Crippen molar-refractivity contribution in [2.75, 3.05) is 6.54 Å². The molecule has 0 aromatic rings. The van der Waals surface area contributed by atoms with E-state index in [0.29, 0.717) is 18.4 Å². The van der Waals surface area contributed by atoms with Crippen molar-refractivity contribution >= 4 is 17.8 Å². The lowest BCUT2D eigenvalue weighted by Gasteiger charge is -2.14. The second-order valence-corrected chi connectivity index (χ2v) is 7.09. The summed E-state index contributed by atoms with van der Waals surface area (Å²) >= 11 is 0. The van der Waals surface area contributed by atoms with Gasteiger partial charge < -0.3 is 21.7 Å². The predicted molar refractivity (Wildman–Crippen MR) is 93.3 cm³/mol. The molecule has 0 radical (unpaired) electrons. The minimum Gasteiger partial charge on any atom is -0.481 e. The Morgan fingerprint density at radius 1 is 0.792 bits per heavy atom. The van der Waals surface area contributed by atoms with Crippen molar-refractivity contribution in [2.24, 2.45) is 35.1 Å². The largest absolute Gasteiger partial charge is 0.481 e. The lowest BCUT2D eigenvalue weighted by molar-refractivity contribution is -0.139. The average molecular weight is 346 g/mol. The Morgan fingerprint density at radius 3 is 1.46 bits per heavy atom. The molecule has 0 heterocycles. The highest BCUT2D eigenvalue weighted by Gasteiger charge is 2.17. The zero-order valence-electron chi connectivity index (χ0n) is 15.3. The van der Waals surface area contributed by atoms with Crippen LogP contribution in [0.25, 0.3) is 0 Å². The number of primary amides is 1. The van der Waals surface area contributed by atoms with Crippen molar-refractivity contribution in [1.82, 2.24) is 0 Å². The van der Waals surface area contributed by atoms with Gasteiger partial charge in [-0.15, -0.1) is 0 Å². The van der Waals surface area contributed by atoms with Gasteiger partial charge in [0, 0.05) is 19.3 Å². The van der Waals surface area contributed by atoms with E-state index < -0.39 is 17.8 Å². The quantitative estimate of drug-likeness (QED) is 0.451. The smallest absolute Gasteiger partial charge is 0.303 e. The Hall–Kier alpha value is -1.63. The van der Waals surface area contributed by atoms with Crippen molar-refractivity contribution in [2.45, 2.75) is 59.8 Å². The van der Waals surface area contributed by atoms with Gasteiger partial charge in [-0.25, -0.2) is 0 Å². The maximum absolute atomic E-state index is 10.6. The Bertz CT molecular complexity index is 367. The highest BCUT2D eigenvalue weighted by Crippen LogP contribution is 2.18. The molecule has 0 aliphatic carbocycles. The third kappa shape index (κ3) is 18.4. The first-order valence-electron chi connectivity index (χ1n) is 8.39. The number of carboxylic acid groups (broad SMARTS) is 2. The Balaban J connectivity index is 0. The molecule has 0 aromatic heterocycles. The zero-order chi connectivity index (χ0) is 19.3. The van der Waals surface area contributed by atoms with Gasteiger partial charge in [-0.2, -0.15) is 0 Å². The first kappa shape index (κ1) is 24.6. The number of rotatable bonds is 11. The molecular formula is C17H34N2O5. The normalized spacial score (nSPS) is 13.1. The van der Waals surface area contributed by atoms with Crippen LogP contribution in [-0.2, 0) is 14.4 Å². The van der Waals surface area contributed by atoms with Crippen LogP contribution in [0.2, 0.25) is 0 Å². The lowest BCUT2D eigenvalue weighted by Crippen LogP contribution is -2.19. The fourth-order valence-corrected chi connectivity index (χ4v) is 2.61. The van der Waals surface area contributed by atoms with Crippen LogP contribution in [-0.4, -0.2) is 34.6 Å². The second-order valence-electron chi connectivity index (χ2n) is 7.09. The van der Waals surface area contributed by atoms with Crippen LogP contribution >= 0.6 is 0 Å². The summed E-state index contributed by atoms with van der Waals surface area (Å²) in [7, 11) is 0. The molecule has 7 heteroatoms. The molecule has 0 aliphatic heterocycles. The highest BCUT2D eigenvalue weighted by atomic mass is 16.4. The van der Waals surface area contributed by atoms with Crippen LogP contribution in [0.15, 0.2) is 0 Å². The molecule has 0 bridgehead atoms. The summed E-state index contributed by atoms with van der Waals surface area (Å²) in [6.07, 6.45) is 2.04. The molecule has 1 amide bonds. The predicted octanol–water partition coefficient (Wildman–Crippen LogP) is 2.08. The third-order valence-corrected chi connectivity index (χ3v) is 3.36. The van der Waals surface area contributed by atoms with E-state index in [1.165, 1.54) is 0 Å². The zero-order valence-corrected chi connectivity index (χ0v) is 15.3. The van der Waals surface area contributed by atoms with Crippen LogP contribution in [0.3, 0.4) is 0 Å². The summed E-state index contributed by atoms with van der Waals surface area (Å²) in [5, 5.41) is 17.0. The SMILES string of the molecule is CC(C)C[C@H](CC(N)=O)CC(=O)O.CC(C)C[C@H](CN)CC(=O)O. The summed E-state index contributed by atoms with van der Waals surface area (Å²) < 4.78 is 0. The molecule has 7 nitrogen and oxygen atoms in total. The Kier molecular flexibility index (Phi) is 14.1. The van der Waals surface area contributed by atoms with Gasteiger partial charge in [-0.05, 0) is 43.1 Å². The van der Waals surface area contributed by atoms with Crippen LogP contribution in [0.4, 0.5) is 0 Å². The molecule has 0 saturated heterocycles. The molecule has 24 heavy (non-hydrogen) atoms. The van der Waals surface area contributed by atoms with Gasteiger partial charge >= 0.3 is 11.9 Å². The molecule has 0 aromatic carbocycles. The van der Waals surface area contributed by atoms with Crippen molar-refractivity contribution in [3.05, 3.63) is 0 Å². The summed E-state index contributed by atoms with van der Waals surface area (Å²) in [6.45, 7) is 8.62. The summed E-state index contributed by atoms with van der Waals surface area (Å²) in [4.78, 5) is 31.3. The number of hydrogen-bond acceptors (Lipinski definition) is 4. The Labute approximate surface area is 144 Å². The monoisotopic (exact) mass is 346 g/mol. The first-order valence-corrected chi connectivity index (χ1v) is 8.39. The van der Waals surface area contributed by atoms with Gasteiger partial charge in [-0.1, -0.05) is 27.7 Å². The number of hydrogen-bond donors (Lipinski definition) is 4. The number of nitrogens with two attached hydrogens (primary N) is 2. The standard InChI is InChI=1S/C9H17NO3.C8H17NO2/c1-6(2)3-7(4-8(10)11)5-9(12)13;1-6(2)3-7(5-9)4-8(10)11/h6-7H,3-5H2,1-2H3,(H2,10,11)(H,12,13);6-7H,3-5,9H2,1-2H3,(H,10,11)/t2*7-/m10/s1. The van der Waals surface area contributed by atoms with Crippen LogP contribution < -0.4 is 11.5 Å². The second kappa shape index (κ2) is 13.8.